The minimum Gasteiger partial charge on any atom is -0.465 e. The third-order valence-electron chi connectivity index (χ3n) is 5.19. The second-order valence-corrected chi connectivity index (χ2v) is 11.9. The lowest BCUT2D eigenvalue weighted by Gasteiger charge is -2.24. The van der Waals surface area contributed by atoms with E-state index in [4.69, 9.17) is 9.47 Å². The largest absolute Gasteiger partial charge is 0.465 e. The van der Waals surface area contributed by atoms with E-state index >= 15 is 0 Å². The van der Waals surface area contributed by atoms with E-state index < -0.39 is 25.4 Å². The van der Waals surface area contributed by atoms with Gasteiger partial charge in [-0.25, -0.2) is 0 Å². The van der Waals surface area contributed by atoms with E-state index in [1.165, 1.54) is 10.8 Å². The maximum absolute atomic E-state index is 12.7. The average Bonchev–Trinajstić information content (AvgIpc) is 2.93. The maximum atomic E-state index is 12.7. The standard InChI is InChI=1S/C21H30O4Si/c1-6-24-19(22)21(20(23)25-7-2)13-16(3)17(14-21)15-26(4,5)18-11-9-8-10-12-18/h8-12,15-16H,6-7,13-14H2,1-5H3/b17-15-. The van der Waals surface area contributed by atoms with Crippen LogP contribution in [0.15, 0.2) is 41.6 Å². The molecular weight excluding hydrogens is 344 g/mol. The average molecular weight is 375 g/mol. The van der Waals surface area contributed by atoms with Gasteiger partial charge in [-0.3, -0.25) is 9.59 Å². The molecule has 1 fully saturated rings. The van der Waals surface area contributed by atoms with Crippen molar-refractivity contribution in [2.24, 2.45) is 11.3 Å². The zero-order valence-corrected chi connectivity index (χ0v) is 17.5. The number of ether oxygens (including phenoxy) is 2. The van der Waals surface area contributed by atoms with Crippen molar-refractivity contribution < 1.29 is 19.1 Å². The normalized spacial score (nSPS) is 20.8. The first-order chi connectivity index (χ1) is 12.3. The van der Waals surface area contributed by atoms with E-state index in [2.05, 4.69) is 50.0 Å². The Labute approximate surface area is 157 Å². The van der Waals surface area contributed by atoms with E-state index in [1.807, 2.05) is 6.07 Å². The van der Waals surface area contributed by atoms with Gasteiger partial charge >= 0.3 is 11.9 Å². The molecule has 26 heavy (non-hydrogen) atoms. The Hall–Kier alpha value is -1.88. The summed E-state index contributed by atoms with van der Waals surface area (Å²) in [6.07, 6.45) is 0.852. The Morgan fingerprint density at radius 2 is 1.65 bits per heavy atom. The van der Waals surface area contributed by atoms with Gasteiger partial charge in [-0.05, 0) is 32.6 Å². The predicted molar refractivity (Wildman–Crippen MR) is 106 cm³/mol. The van der Waals surface area contributed by atoms with Crippen LogP contribution in [0.5, 0.6) is 0 Å². The van der Waals surface area contributed by atoms with E-state index in [0.29, 0.717) is 12.8 Å². The fourth-order valence-corrected chi connectivity index (χ4v) is 6.32. The molecule has 0 amide bonds. The van der Waals surface area contributed by atoms with Crippen LogP contribution in [0.1, 0.15) is 33.6 Å². The summed E-state index contributed by atoms with van der Waals surface area (Å²) in [6.45, 7) is 10.7. The SMILES string of the molecule is CCOC(=O)C1(C(=O)OCC)C/C(=C/[Si](C)(C)c2ccccc2)C(C)C1. The third-order valence-corrected chi connectivity index (χ3v) is 8.10. The lowest BCUT2D eigenvalue weighted by Crippen LogP contribution is -2.41. The summed E-state index contributed by atoms with van der Waals surface area (Å²) in [5.41, 5.74) is 2.32. The van der Waals surface area contributed by atoms with Gasteiger partial charge in [-0.2, -0.15) is 0 Å². The Morgan fingerprint density at radius 1 is 1.12 bits per heavy atom. The quantitative estimate of drug-likeness (QED) is 0.434. The van der Waals surface area contributed by atoms with Crippen molar-refractivity contribution in [1.82, 2.24) is 0 Å². The van der Waals surface area contributed by atoms with Crippen molar-refractivity contribution in [3.8, 4) is 0 Å². The van der Waals surface area contributed by atoms with Gasteiger partial charge in [0.05, 0.1) is 13.2 Å². The van der Waals surface area contributed by atoms with Crippen molar-refractivity contribution in [2.75, 3.05) is 13.2 Å². The summed E-state index contributed by atoms with van der Waals surface area (Å²) in [5, 5.41) is 1.34. The molecule has 1 aliphatic rings. The molecule has 1 aliphatic carbocycles. The Balaban J connectivity index is 2.37. The van der Waals surface area contributed by atoms with Gasteiger partial charge in [0.1, 0.15) is 8.07 Å². The molecule has 5 heteroatoms. The zero-order chi connectivity index (χ0) is 19.4. The summed E-state index contributed by atoms with van der Waals surface area (Å²) in [4.78, 5) is 25.3. The number of hydrogen-bond acceptors (Lipinski definition) is 4. The molecule has 0 bridgehead atoms. The first-order valence-electron chi connectivity index (χ1n) is 9.38. The van der Waals surface area contributed by atoms with Gasteiger partial charge in [-0.15, -0.1) is 0 Å². The van der Waals surface area contributed by atoms with E-state index in [0.717, 1.165) is 0 Å². The van der Waals surface area contributed by atoms with Crippen LogP contribution in [0.25, 0.3) is 0 Å². The van der Waals surface area contributed by atoms with Crippen molar-refractivity contribution in [3.63, 3.8) is 0 Å². The van der Waals surface area contributed by atoms with Crippen LogP contribution in [-0.4, -0.2) is 33.2 Å². The number of esters is 2. The van der Waals surface area contributed by atoms with Gasteiger partial charge in [0.15, 0.2) is 5.41 Å². The molecule has 0 saturated heterocycles. The molecule has 4 nitrogen and oxygen atoms in total. The highest BCUT2D eigenvalue weighted by atomic mass is 28.3. The highest BCUT2D eigenvalue weighted by molar-refractivity contribution is 6.94. The minimum atomic E-state index is -1.82. The molecule has 0 radical (unpaired) electrons. The fourth-order valence-electron chi connectivity index (χ4n) is 3.79. The summed E-state index contributed by atoms with van der Waals surface area (Å²) >= 11 is 0. The third kappa shape index (κ3) is 4.09. The second-order valence-electron chi connectivity index (χ2n) is 7.61. The molecular formula is C21H30O4Si. The maximum Gasteiger partial charge on any atom is 0.323 e. The van der Waals surface area contributed by atoms with Crippen molar-refractivity contribution in [1.29, 1.82) is 0 Å². The van der Waals surface area contributed by atoms with Crippen LogP contribution in [0.2, 0.25) is 13.1 Å². The van der Waals surface area contributed by atoms with Crippen LogP contribution in [0.4, 0.5) is 0 Å². The fraction of sp³-hybridized carbons (Fsp3) is 0.524. The summed E-state index contributed by atoms with van der Waals surface area (Å²) < 4.78 is 10.5. The van der Waals surface area contributed by atoms with Gasteiger partial charge in [0, 0.05) is 0 Å². The van der Waals surface area contributed by atoms with Crippen LogP contribution in [0.3, 0.4) is 0 Å². The van der Waals surface area contributed by atoms with Crippen LogP contribution in [-0.2, 0) is 19.1 Å². The number of hydrogen-bond donors (Lipinski definition) is 0. The number of benzene rings is 1. The molecule has 1 saturated carbocycles. The van der Waals surface area contributed by atoms with Gasteiger partial charge in [-0.1, -0.05) is 66.8 Å². The highest BCUT2D eigenvalue weighted by Gasteiger charge is 2.55. The van der Waals surface area contributed by atoms with E-state index in [9.17, 15) is 9.59 Å². The first kappa shape index (κ1) is 20.4. The minimum absolute atomic E-state index is 0.152. The second kappa shape index (κ2) is 8.21. The van der Waals surface area contributed by atoms with Crippen LogP contribution < -0.4 is 5.19 Å². The van der Waals surface area contributed by atoms with Gasteiger partial charge in [0.25, 0.3) is 0 Å². The molecule has 0 spiro atoms. The van der Waals surface area contributed by atoms with Crippen LogP contribution in [0, 0.1) is 11.3 Å². The molecule has 1 aromatic rings. The van der Waals surface area contributed by atoms with Crippen molar-refractivity contribution in [3.05, 3.63) is 41.6 Å². The summed E-state index contributed by atoms with van der Waals surface area (Å²) in [6, 6.07) is 10.5. The monoisotopic (exact) mass is 374 g/mol. The number of allylic oxidation sites excluding steroid dienone is 1. The zero-order valence-electron chi connectivity index (χ0n) is 16.5. The van der Waals surface area contributed by atoms with Crippen molar-refractivity contribution >= 4 is 25.2 Å². The van der Waals surface area contributed by atoms with E-state index in [-0.39, 0.29) is 19.1 Å². The van der Waals surface area contributed by atoms with Gasteiger partial charge < -0.3 is 9.47 Å². The molecule has 142 valence electrons. The van der Waals surface area contributed by atoms with E-state index in [1.54, 1.807) is 13.8 Å². The highest BCUT2D eigenvalue weighted by Crippen LogP contribution is 2.47. The van der Waals surface area contributed by atoms with Crippen LogP contribution >= 0.6 is 0 Å². The van der Waals surface area contributed by atoms with Crippen molar-refractivity contribution in [2.45, 2.75) is 46.7 Å². The Morgan fingerprint density at radius 3 is 2.15 bits per heavy atom. The number of carbonyl (C=O) groups excluding carboxylic acids is 2. The Bertz CT molecular complexity index is 661. The predicted octanol–water partition coefficient (Wildman–Crippen LogP) is 3.61. The molecule has 0 N–H and O–H groups in total. The topological polar surface area (TPSA) is 52.6 Å². The molecule has 0 aliphatic heterocycles. The summed E-state index contributed by atoms with van der Waals surface area (Å²) in [7, 11) is -1.82. The first-order valence-corrected chi connectivity index (χ1v) is 12.5. The molecule has 1 atom stereocenters. The molecule has 0 heterocycles. The lowest BCUT2D eigenvalue weighted by molar-refractivity contribution is -0.171. The number of carbonyl (C=O) groups is 2. The molecule has 1 unspecified atom stereocenters. The number of rotatable bonds is 6. The molecule has 2 rings (SSSR count). The lowest BCUT2D eigenvalue weighted by atomic mass is 9.85. The molecule has 0 aromatic heterocycles. The summed E-state index contributed by atoms with van der Waals surface area (Å²) in [5.74, 6) is -0.750. The smallest absolute Gasteiger partial charge is 0.323 e. The molecule has 1 aromatic carbocycles. The Kier molecular flexibility index (Phi) is 6.45. The van der Waals surface area contributed by atoms with Gasteiger partial charge in [0.2, 0.25) is 0 Å².